The molecule has 18 heteroatoms. The van der Waals surface area contributed by atoms with Crippen LogP contribution in [0.2, 0.25) is 10.0 Å². The van der Waals surface area contributed by atoms with Gasteiger partial charge in [0, 0.05) is 87.0 Å². The van der Waals surface area contributed by atoms with Gasteiger partial charge < -0.3 is 39.4 Å². The van der Waals surface area contributed by atoms with Crippen molar-refractivity contribution in [2.75, 3.05) is 47.4 Å². The number of amides is 5. The van der Waals surface area contributed by atoms with Crippen LogP contribution in [-0.2, 0) is 61.7 Å². The Morgan fingerprint density at radius 1 is 0.781 bits per heavy atom. The van der Waals surface area contributed by atoms with Gasteiger partial charge in [0.25, 0.3) is 0 Å². The standard InChI is InChI=1S/C55H65Cl2FN8O7/c1-35-30-60-51(67)28-43(25-38-14-17-41(56)18-15-38)63(4)55(71)47(34-72-6)61-53(69)36(2)66(52(68)26-40(54(70)62(35)3)24-37-12-8-7-9-13-37)32-39-16-19-42(57)27-49(39)73-44-20-21-45(46(58)29-44)48-31-59-50(64(48)5)33-65-22-10-11-23-65/h7-9,12-21,27,29,31,35-36,40,43,47H,10-11,22-26,28,30,32-34H2,1-6H3,(H,60,67)(H,61,69)/t35-,36-,40+,43-,47-/m0/s1. The summed E-state index contributed by atoms with van der Waals surface area (Å²) in [6.45, 7) is 5.68. The van der Waals surface area contributed by atoms with Crippen molar-refractivity contribution >= 4 is 52.7 Å². The Hall–Kier alpha value is -6.33. The van der Waals surface area contributed by atoms with Gasteiger partial charge in [0.15, 0.2) is 0 Å². The summed E-state index contributed by atoms with van der Waals surface area (Å²) < 4.78 is 29.8. The Morgan fingerprint density at radius 3 is 2.18 bits per heavy atom. The molecule has 0 saturated carbocycles. The van der Waals surface area contributed by atoms with E-state index in [2.05, 4.69) is 20.5 Å². The maximum atomic E-state index is 16.1. The second-order valence-corrected chi connectivity index (χ2v) is 20.0. The van der Waals surface area contributed by atoms with E-state index in [1.165, 1.54) is 27.9 Å². The molecule has 0 unspecified atom stereocenters. The number of nitrogens with one attached hydrogen (secondary N) is 2. The van der Waals surface area contributed by atoms with E-state index in [0.717, 1.165) is 42.9 Å². The van der Waals surface area contributed by atoms with Crippen LogP contribution in [0, 0.1) is 11.7 Å². The van der Waals surface area contributed by atoms with Gasteiger partial charge in [-0.3, -0.25) is 28.9 Å². The number of ether oxygens (including phenoxy) is 2. The van der Waals surface area contributed by atoms with Crippen LogP contribution in [0.1, 0.15) is 62.0 Å². The van der Waals surface area contributed by atoms with Crippen LogP contribution >= 0.6 is 23.2 Å². The van der Waals surface area contributed by atoms with Crippen molar-refractivity contribution in [3.8, 4) is 22.8 Å². The molecule has 5 atom stereocenters. The highest BCUT2D eigenvalue weighted by Gasteiger charge is 2.36. The molecule has 0 bridgehead atoms. The summed E-state index contributed by atoms with van der Waals surface area (Å²) in [5.41, 5.74) is 3.01. The maximum absolute atomic E-state index is 16.1. The van der Waals surface area contributed by atoms with E-state index >= 15 is 9.18 Å². The molecule has 73 heavy (non-hydrogen) atoms. The van der Waals surface area contributed by atoms with E-state index in [-0.39, 0.29) is 68.7 Å². The topological polar surface area (TPSA) is 159 Å². The fraction of sp³-hybridized carbons (Fsp3) is 0.418. The van der Waals surface area contributed by atoms with E-state index in [1.807, 2.05) is 54.1 Å². The molecule has 2 aliphatic rings. The molecule has 3 heterocycles. The van der Waals surface area contributed by atoms with Crippen LogP contribution in [-0.4, -0.2) is 130 Å². The molecule has 15 nitrogen and oxygen atoms in total. The Morgan fingerprint density at radius 2 is 1.48 bits per heavy atom. The highest BCUT2D eigenvalue weighted by molar-refractivity contribution is 6.31. The lowest BCUT2D eigenvalue weighted by molar-refractivity contribution is -0.147. The van der Waals surface area contributed by atoms with Gasteiger partial charge >= 0.3 is 0 Å². The molecule has 2 N–H and O–H groups in total. The molecular weight excluding hydrogens is 975 g/mol. The number of carbonyl (C=O) groups is 5. The summed E-state index contributed by atoms with van der Waals surface area (Å²) >= 11 is 12.8. The normalized spacial score (nSPS) is 21.2. The van der Waals surface area contributed by atoms with Gasteiger partial charge in [-0.1, -0.05) is 71.7 Å². The molecule has 7 rings (SSSR count). The van der Waals surface area contributed by atoms with E-state index in [0.29, 0.717) is 33.4 Å². The average molecular weight is 1040 g/mol. The number of halogens is 3. The molecule has 0 aliphatic carbocycles. The smallest absolute Gasteiger partial charge is 0.247 e. The number of aromatic nitrogens is 2. The van der Waals surface area contributed by atoms with Gasteiger partial charge in [-0.25, -0.2) is 9.37 Å². The van der Waals surface area contributed by atoms with Gasteiger partial charge in [-0.05, 0) is 100 Å². The molecule has 5 amide bonds. The Bertz CT molecular complexity index is 2740. The molecular formula is C55H65Cl2FN8O7. The maximum Gasteiger partial charge on any atom is 0.247 e. The molecule has 5 aromatic rings. The predicted octanol–water partition coefficient (Wildman–Crippen LogP) is 7.45. The number of likely N-dealkylation sites (tertiary alicyclic amines) is 1. The first-order valence-electron chi connectivity index (χ1n) is 24.7. The summed E-state index contributed by atoms with van der Waals surface area (Å²) in [5.74, 6) is -2.68. The van der Waals surface area contributed by atoms with Gasteiger partial charge in [-0.2, -0.15) is 0 Å². The van der Waals surface area contributed by atoms with Crippen LogP contribution in [0.15, 0.2) is 97.2 Å². The highest BCUT2D eigenvalue weighted by atomic mass is 35.5. The molecule has 4 aromatic carbocycles. The average Bonchev–Trinajstić information content (AvgIpc) is 4.03. The van der Waals surface area contributed by atoms with Crippen molar-refractivity contribution in [1.82, 2.24) is 39.8 Å². The second kappa shape index (κ2) is 25.1. The number of methoxy groups -OCH3 is 1. The first-order chi connectivity index (χ1) is 35.0. The minimum Gasteiger partial charge on any atom is -0.457 e. The molecule has 0 spiro atoms. The number of hydrogen-bond donors (Lipinski definition) is 2. The van der Waals surface area contributed by atoms with Crippen molar-refractivity contribution in [1.29, 1.82) is 0 Å². The third-order valence-corrected chi connectivity index (χ3v) is 14.5. The second-order valence-electron chi connectivity index (χ2n) is 19.1. The van der Waals surface area contributed by atoms with Crippen molar-refractivity contribution < 1.29 is 37.8 Å². The lowest BCUT2D eigenvalue weighted by atomic mass is 9.93. The van der Waals surface area contributed by atoms with Crippen molar-refractivity contribution in [2.45, 2.75) is 89.6 Å². The van der Waals surface area contributed by atoms with Crippen LogP contribution in [0.3, 0.4) is 0 Å². The predicted molar refractivity (Wildman–Crippen MR) is 278 cm³/mol. The number of benzene rings is 4. The monoisotopic (exact) mass is 1040 g/mol. The zero-order valence-corrected chi connectivity index (χ0v) is 43.8. The molecule has 388 valence electrons. The zero-order chi connectivity index (χ0) is 52.3. The molecule has 0 radical (unpaired) electrons. The van der Waals surface area contributed by atoms with Crippen LogP contribution < -0.4 is 15.4 Å². The van der Waals surface area contributed by atoms with Crippen LogP contribution in [0.4, 0.5) is 4.39 Å². The van der Waals surface area contributed by atoms with E-state index in [4.69, 9.17) is 32.7 Å². The fourth-order valence-corrected chi connectivity index (χ4v) is 9.65. The molecule has 2 fully saturated rings. The van der Waals surface area contributed by atoms with E-state index in [9.17, 15) is 19.2 Å². The third kappa shape index (κ3) is 14.0. The lowest BCUT2D eigenvalue weighted by Crippen LogP contribution is -2.57. The summed E-state index contributed by atoms with van der Waals surface area (Å²) in [4.78, 5) is 83.7. The largest absolute Gasteiger partial charge is 0.457 e. The Labute approximate surface area is 436 Å². The van der Waals surface area contributed by atoms with Crippen LogP contribution in [0.25, 0.3) is 11.3 Å². The lowest BCUT2D eigenvalue weighted by Gasteiger charge is -2.35. The first-order valence-corrected chi connectivity index (χ1v) is 25.4. The van der Waals surface area contributed by atoms with Gasteiger partial charge in [0.2, 0.25) is 29.5 Å². The highest BCUT2D eigenvalue weighted by Crippen LogP contribution is 2.34. The minimum absolute atomic E-state index is 0.0926. The SMILES string of the molecule is COC[C@@H]1NC(=O)[C@H](C)N(Cc2ccc(Cl)cc2Oc2ccc(-c3cnc(CN4CCCC4)n3C)c(F)c2)C(=O)C[C@@H](Cc2ccccc2)C(=O)N(C)[C@@H](C)CNC(=O)C[C@H](Cc2ccc(Cl)cc2)N(C)C1=O. The summed E-state index contributed by atoms with van der Waals surface area (Å²) in [6, 6.07) is 22.1. The summed E-state index contributed by atoms with van der Waals surface area (Å²) in [7, 11) is 6.47. The van der Waals surface area contributed by atoms with Gasteiger partial charge in [0.05, 0.1) is 37.5 Å². The molecule has 2 saturated heterocycles. The Kier molecular flexibility index (Phi) is 18.7. The fourth-order valence-electron chi connectivity index (χ4n) is 9.36. The molecule has 2 aliphatic heterocycles. The number of hydrogen-bond acceptors (Lipinski definition) is 9. The quantitative estimate of drug-likeness (QED) is 0.122. The number of imidazole rings is 1. The summed E-state index contributed by atoms with van der Waals surface area (Å²) in [5, 5.41) is 6.61. The number of likely N-dealkylation sites (N-methyl/N-ethyl adjacent to an activating group) is 2. The summed E-state index contributed by atoms with van der Waals surface area (Å²) in [6.07, 6.45) is 4.03. The number of rotatable bonds is 13. The molecule has 1 aromatic heterocycles. The van der Waals surface area contributed by atoms with Gasteiger partial charge in [0.1, 0.15) is 35.2 Å². The number of carbonyl (C=O) groups excluding carboxylic acids is 5. The Balaban J connectivity index is 1.22. The van der Waals surface area contributed by atoms with Crippen molar-refractivity contribution in [2.24, 2.45) is 13.0 Å². The first kappa shape index (κ1) is 54.4. The van der Waals surface area contributed by atoms with E-state index < -0.39 is 53.6 Å². The van der Waals surface area contributed by atoms with Crippen molar-refractivity contribution in [3.63, 3.8) is 0 Å². The van der Waals surface area contributed by atoms with Crippen LogP contribution in [0.5, 0.6) is 11.5 Å². The third-order valence-electron chi connectivity index (χ3n) is 14.0. The zero-order valence-electron chi connectivity index (χ0n) is 42.3. The van der Waals surface area contributed by atoms with Gasteiger partial charge in [-0.15, -0.1) is 0 Å². The minimum atomic E-state index is -1.24. The number of nitrogens with zero attached hydrogens (tertiary/aromatic N) is 6. The van der Waals surface area contributed by atoms with E-state index in [1.54, 1.807) is 76.6 Å². The van der Waals surface area contributed by atoms with Crippen molar-refractivity contribution in [3.05, 3.63) is 136 Å².